The van der Waals surface area contributed by atoms with Gasteiger partial charge in [-0.05, 0) is 51.1 Å². The van der Waals surface area contributed by atoms with Crippen LogP contribution in [0.3, 0.4) is 0 Å². The predicted molar refractivity (Wildman–Crippen MR) is 84.6 cm³/mol. The number of halogens is 1. The van der Waals surface area contributed by atoms with Crippen molar-refractivity contribution in [1.29, 1.82) is 0 Å². The van der Waals surface area contributed by atoms with Crippen LogP contribution in [0, 0.1) is 0 Å². The van der Waals surface area contributed by atoms with Gasteiger partial charge in [-0.15, -0.1) is 0 Å². The summed E-state index contributed by atoms with van der Waals surface area (Å²) in [6.45, 7) is 5.89. The Kier molecular flexibility index (Phi) is 4.45. The summed E-state index contributed by atoms with van der Waals surface area (Å²) in [6, 6.07) is 11.3. The number of ether oxygens (including phenoxy) is 1. The molecule has 0 aliphatic rings. The molecular formula is C15H17ClN2OS. The summed E-state index contributed by atoms with van der Waals surface area (Å²) < 4.78 is 5.76. The average Bonchev–Trinajstić information content (AvgIpc) is 2.32. The van der Waals surface area contributed by atoms with Crippen LogP contribution >= 0.6 is 23.4 Å². The first-order valence-corrected chi connectivity index (χ1v) is 7.42. The third-order valence-electron chi connectivity index (χ3n) is 2.29. The summed E-state index contributed by atoms with van der Waals surface area (Å²) in [5, 5.41) is 1.53. The summed E-state index contributed by atoms with van der Waals surface area (Å²) >= 11 is 7.50. The molecule has 2 aromatic rings. The fraction of sp³-hybridized carbons (Fsp3) is 0.267. The molecule has 20 heavy (non-hydrogen) atoms. The number of aromatic nitrogens is 1. The minimum Gasteiger partial charge on any atom is -0.470 e. The lowest BCUT2D eigenvalue weighted by molar-refractivity contribution is 0.124. The maximum Gasteiger partial charge on any atom is 0.238 e. The SMILES string of the molecule is CC(C)(C)Oc1nc(Sc2cccc(Cl)c2)ccc1N. The lowest BCUT2D eigenvalue weighted by atomic mass is 10.2. The summed E-state index contributed by atoms with van der Waals surface area (Å²) in [5.41, 5.74) is 6.10. The van der Waals surface area contributed by atoms with Gasteiger partial charge in [0.2, 0.25) is 5.88 Å². The Hall–Kier alpha value is -1.39. The number of pyridine rings is 1. The van der Waals surface area contributed by atoms with Crippen molar-refractivity contribution in [3.05, 3.63) is 41.4 Å². The zero-order valence-corrected chi connectivity index (χ0v) is 13.3. The molecule has 5 heteroatoms. The fourth-order valence-electron chi connectivity index (χ4n) is 1.51. The Balaban J connectivity index is 2.23. The molecule has 0 unspecified atom stereocenters. The minimum atomic E-state index is -0.333. The quantitative estimate of drug-likeness (QED) is 0.897. The normalized spacial score (nSPS) is 11.4. The minimum absolute atomic E-state index is 0.333. The molecule has 3 nitrogen and oxygen atoms in total. The number of rotatable bonds is 3. The van der Waals surface area contributed by atoms with E-state index < -0.39 is 0 Å². The molecule has 0 aliphatic heterocycles. The van der Waals surface area contributed by atoms with Crippen LogP contribution in [0.5, 0.6) is 5.88 Å². The Morgan fingerprint density at radius 3 is 2.60 bits per heavy atom. The molecule has 0 fully saturated rings. The number of nitrogens with zero attached hydrogens (tertiary/aromatic N) is 1. The lowest BCUT2D eigenvalue weighted by Crippen LogP contribution is -2.24. The van der Waals surface area contributed by atoms with E-state index in [-0.39, 0.29) is 5.60 Å². The molecule has 0 aliphatic carbocycles. The summed E-state index contributed by atoms with van der Waals surface area (Å²) in [5.74, 6) is 0.463. The smallest absolute Gasteiger partial charge is 0.238 e. The largest absolute Gasteiger partial charge is 0.470 e. The Morgan fingerprint density at radius 1 is 1.20 bits per heavy atom. The Bertz CT molecular complexity index is 611. The van der Waals surface area contributed by atoms with E-state index in [4.69, 9.17) is 22.1 Å². The van der Waals surface area contributed by atoms with Gasteiger partial charge < -0.3 is 10.5 Å². The van der Waals surface area contributed by atoms with Crippen molar-refractivity contribution >= 4 is 29.1 Å². The van der Waals surface area contributed by atoms with Gasteiger partial charge in [0.1, 0.15) is 10.6 Å². The maximum atomic E-state index is 5.98. The van der Waals surface area contributed by atoms with Crippen LogP contribution in [-0.2, 0) is 0 Å². The highest BCUT2D eigenvalue weighted by atomic mass is 35.5. The van der Waals surface area contributed by atoms with Crippen molar-refractivity contribution in [2.24, 2.45) is 0 Å². The average molecular weight is 309 g/mol. The molecule has 2 N–H and O–H groups in total. The van der Waals surface area contributed by atoms with E-state index in [2.05, 4.69) is 4.98 Å². The van der Waals surface area contributed by atoms with E-state index >= 15 is 0 Å². The predicted octanol–water partition coefficient (Wildman–Crippen LogP) is 4.65. The first-order valence-electron chi connectivity index (χ1n) is 6.22. The van der Waals surface area contributed by atoms with Crippen LogP contribution in [0.1, 0.15) is 20.8 Å². The van der Waals surface area contributed by atoms with Gasteiger partial charge in [-0.3, -0.25) is 0 Å². The second kappa shape index (κ2) is 5.94. The number of hydrogen-bond donors (Lipinski definition) is 1. The zero-order chi connectivity index (χ0) is 14.8. The molecule has 0 bridgehead atoms. The highest BCUT2D eigenvalue weighted by molar-refractivity contribution is 7.99. The van der Waals surface area contributed by atoms with Crippen molar-refractivity contribution < 1.29 is 4.74 Å². The van der Waals surface area contributed by atoms with Gasteiger partial charge in [0.25, 0.3) is 0 Å². The number of hydrogen-bond acceptors (Lipinski definition) is 4. The molecule has 0 spiro atoms. The molecule has 1 aromatic heterocycles. The molecule has 1 heterocycles. The van der Waals surface area contributed by atoms with E-state index in [0.29, 0.717) is 16.6 Å². The zero-order valence-electron chi connectivity index (χ0n) is 11.7. The molecule has 0 saturated carbocycles. The van der Waals surface area contributed by atoms with Gasteiger partial charge in [0, 0.05) is 9.92 Å². The summed E-state index contributed by atoms with van der Waals surface area (Å²) in [7, 11) is 0. The van der Waals surface area contributed by atoms with Crippen molar-refractivity contribution in [1.82, 2.24) is 4.98 Å². The van der Waals surface area contributed by atoms with Gasteiger partial charge in [-0.1, -0.05) is 29.4 Å². The Labute approximate surface area is 128 Å². The maximum absolute atomic E-state index is 5.98. The molecule has 106 valence electrons. The van der Waals surface area contributed by atoms with Gasteiger partial charge in [0.05, 0.1) is 5.69 Å². The molecule has 1 aromatic carbocycles. The first kappa shape index (κ1) is 15.0. The lowest BCUT2D eigenvalue weighted by Gasteiger charge is -2.21. The molecule has 0 amide bonds. The number of benzene rings is 1. The van der Waals surface area contributed by atoms with Crippen LogP contribution in [0.25, 0.3) is 0 Å². The highest BCUT2D eigenvalue weighted by Gasteiger charge is 2.15. The highest BCUT2D eigenvalue weighted by Crippen LogP contribution is 2.32. The summed E-state index contributed by atoms with van der Waals surface area (Å²) in [6.07, 6.45) is 0. The van der Waals surface area contributed by atoms with Crippen LogP contribution in [0.4, 0.5) is 5.69 Å². The van der Waals surface area contributed by atoms with Crippen LogP contribution in [-0.4, -0.2) is 10.6 Å². The van der Waals surface area contributed by atoms with Gasteiger partial charge in [0.15, 0.2) is 0 Å². The van der Waals surface area contributed by atoms with Crippen LogP contribution < -0.4 is 10.5 Å². The van der Waals surface area contributed by atoms with Crippen molar-refractivity contribution in [3.8, 4) is 5.88 Å². The van der Waals surface area contributed by atoms with Gasteiger partial charge >= 0.3 is 0 Å². The monoisotopic (exact) mass is 308 g/mol. The van der Waals surface area contributed by atoms with Crippen molar-refractivity contribution in [2.75, 3.05) is 5.73 Å². The fourth-order valence-corrected chi connectivity index (χ4v) is 2.61. The van der Waals surface area contributed by atoms with Gasteiger partial charge in [-0.25, -0.2) is 4.98 Å². The summed E-state index contributed by atoms with van der Waals surface area (Å²) in [4.78, 5) is 5.48. The first-order chi connectivity index (χ1) is 9.33. The Morgan fingerprint density at radius 2 is 1.95 bits per heavy atom. The van der Waals surface area contributed by atoms with Crippen molar-refractivity contribution in [2.45, 2.75) is 36.3 Å². The number of nitrogens with two attached hydrogens (primary N) is 1. The number of nitrogen functional groups attached to an aromatic ring is 1. The number of anilines is 1. The third kappa shape index (κ3) is 4.32. The van der Waals surface area contributed by atoms with E-state index in [9.17, 15) is 0 Å². The topological polar surface area (TPSA) is 48.1 Å². The second-order valence-corrected chi connectivity index (χ2v) is 6.85. The van der Waals surface area contributed by atoms with E-state index in [1.54, 1.807) is 6.07 Å². The molecule has 0 saturated heterocycles. The van der Waals surface area contributed by atoms with E-state index in [1.165, 1.54) is 11.8 Å². The third-order valence-corrected chi connectivity index (χ3v) is 3.45. The van der Waals surface area contributed by atoms with Gasteiger partial charge in [-0.2, -0.15) is 0 Å². The second-order valence-electron chi connectivity index (χ2n) is 5.32. The molecule has 0 radical (unpaired) electrons. The van der Waals surface area contributed by atoms with E-state index in [0.717, 1.165) is 9.92 Å². The van der Waals surface area contributed by atoms with E-state index in [1.807, 2.05) is 51.1 Å². The van der Waals surface area contributed by atoms with Crippen molar-refractivity contribution in [3.63, 3.8) is 0 Å². The molecule has 0 atom stereocenters. The standard InChI is InChI=1S/C15H17ClN2OS/c1-15(2,3)19-14-12(17)7-8-13(18-14)20-11-6-4-5-10(16)9-11/h4-9H,17H2,1-3H3. The van der Waals surface area contributed by atoms with Crippen LogP contribution in [0.15, 0.2) is 46.3 Å². The van der Waals surface area contributed by atoms with Crippen LogP contribution in [0.2, 0.25) is 5.02 Å². The molecular weight excluding hydrogens is 292 g/mol. The molecule has 2 rings (SSSR count).